The van der Waals surface area contributed by atoms with Crippen molar-refractivity contribution in [2.45, 2.75) is 17.5 Å². The normalized spacial score (nSPS) is 16.1. The van der Waals surface area contributed by atoms with Crippen LogP contribution in [0.1, 0.15) is 5.56 Å². The molecule has 190 valence electrons. The van der Waals surface area contributed by atoms with Gasteiger partial charge in [-0.15, -0.1) is 0 Å². The van der Waals surface area contributed by atoms with Crippen LogP contribution in [0.2, 0.25) is 0 Å². The number of methoxy groups -OCH3 is 2. The highest BCUT2D eigenvalue weighted by atomic mass is 32.2. The number of sulfonamides is 1. The molecule has 13 heteroatoms. The zero-order chi connectivity index (χ0) is 25.6. The Bertz CT molecular complexity index is 1190. The molecule has 10 nitrogen and oxygen atoms in total. The maximum absolute atomic E-state index is 14.0. The predicted molar refractivity (Wildman–Crippen MR) is 119 cm³/mol. The van der Waals surface area contributed by atoms with Crippen molar-refractivity contribution < 1.29 is 41.0 Å². The minimum Gasteiger partial charge on any atom is -0.493 e. The Morgan fingerprint density at radius 2 is 1.77 bits per heavy atom. The Labute approximate surface area is 201 Å². The van der Waals surface area contributed by atoms with Gasteiger partial charge in [-0.25, -0.2) is 17.2 Å². The maximum atomic E-state index is 14.0. The molecule has 0 aromatic heterocycles. The monoisotopic (exact) mass is 513 g/mol. The first-order chi connectivity index (χ1) is 16.7. The predicted octanol–water partition coefficient (Wildman–Crippen LogP) is 0.804. The third kappa shape index (κ3) is 6.24. The van der Waals surface area contributed by atoms with Crippen molar-refractivity contribution >= 4 is 21.8 Å². The molecule has 35 heavy (non-hydrogen) atoms. The molecule has 2 amide bonds. The molecule has 3 rings (SSSR count). The Balaban J connectivity index is 1.53. The van der Waals surface area contributed by atoms with Crippen LogP contribution < -0.4 is 20.1 Å². The average molecular weight is 514 g/mol. The first kappa shape index (κ1) is 26.3. The summed E-state index contributed by atoms with van der Waals surface area (Å²) in [7, 11) is -1.42. The third-order valence-electron chi connectivity index (χ3n) is 5.21. The molecule has 1 fully saturated rings. The quantitative estimate of drug-likeness (QED) is 0.476. The number of amides is 2. The van der Waals surface area contributed by atoms with Gasteiger partial charge in [0.05, 0.1) is 27.4 Å². The van der Waals surface area contributed by atoms with E-state index in [0.717, 1.165) is 15.9 Å². The molecule has 1 saturated heterocycles. The number of carbonyl (C=O) groups is 2. The van der Waals surface area contributed by atoms with Crippen LogP contribution in [0.5, 0.6) is 11.5 Å². The number of ether oxygens (including phenoxy) is 3. The summed E-state index contributed by atoms with van der Waals surface area (Å²) in [5, 5.41) is 4.77. The zero-order valence-electron chi connectivity index (χ0n) is 19.0. The lowest BCUT2D eigenvalue weighted by Gasteiger charge is -2.23. The zero-order valence-corrected chi connectivity index (χ0v) is 19.9. The Morgan fingerprint density at radius 3 is 2.49 bits per heavy atom. The molecule has 0 radical (unpaired) electrons. The van der Waals surface area contributed by atoms with Gasteiger partial charge < -0.3 is 24.8 Å². The summed E-state index contributed by atoms with van der Waals surface area (Å²) in [4.78, 5) is 23.4. The van der Waals surface area contributed by atoms with Crippen LogP contribution >= 0.6 is 0 Å². The molecule has 0 saturated carbocycles. The van der Waals surface area contributed by atoms with Crippen molar-refractivity contribution in [1.82, 2.24) is 14.9 Å². The third-order valence-corrected chi connectivity index (χ3v) is 7.12. The summed E-state index contributed by atoms with van der Waals surface area (Å²) in [6.45, 7) is -0.357. The van der Waals surface area contributed by atoms with E-state index >= 15 is 0 Å². The van der Waals surface area contributed by atoms with Gasteiger partial charge in [-0.3, -0.25) is 9.59 Å². The van der Waals surface area contributed by atoms with Gasteiger partial charge in [-0.05, 0) is 42.3 Å². The van der Waals surface area contributed by atoms with Crippen LogP contribution in [-0.4, -0.2) is 71.2 Å². The van der Waals surface area contributed by atoms with Crippen LogP contribution in [0.4, 0.5) is 8.78 Å². The number of hydrogen-bond acceptors (Lipinski definition) is 7. The first-order valence-corrected chi connectivity index (χ1v) is 12.0. The second-order valence-electron chi connectivity index (χ2n) is 7.42. The number of carbonyl (C=O) groups excluding carboxylic acids is 2. The van der Waals surface area contributed by atoms with E-state index in [4.69, 9.17) is 14.2 Å². The van der Waals surface area contributed by atoms with Gasteiger partial charge >= 0.3 is 11.8 Å². The number of nitrogens with zero attached hydrogens (tertiary/aromatic N) is 1. The van der Waals surface area contributed by atoms with Crippen LogP contribution in [0.25, 0.3) is 0 Å². The van der Waals surface area contributed by atoms with Crippen molar-refractivity contribution in [3.8, 4) is 11.5 Å². The van der Waals surface area contributed by atoms with Gasteiger partial charge in [-0.1, -0.05) is 6.07 Å². The summed E-state index contributed by atoms with van der Waals surface area (Å²) in [6, 6.07) is 7.35. The second kappa shape index (κ2) is 11.4. The molecular formula is C22H25F2N3O7S. The molecule has 0 bridgehead atoms. The van der Waals surface area contributed by atoms with Gasteiger partial charge in [-0.2, -0.15) is 4.31 Å². The number of benzene rings is 2. The van der Waals surface area contributed by atoms with Crippen molar-refractivity contribution in [3.05, 3.63) is 53.6 Å². The first-order valence-electron chi connectivity index (χ1n) is 10.5. The highest BCUT2D eigenvalue weighted by Crippen LogP contribution is 2.27. The molecule has 1 heterocycles. The second-order valence-corrected chi connectivity index (χ2v) is 9.28. The van der Waals surface area contributed by atoms with E-state index in [1.54, 1.807) is 18.2 Å². The minimum absolute atomic E-state index is 0.0196. The van der Waals surface area contributed by atoms with E-state index in [2.05, 4.69) is 10.6 Å². The smallest absolute Gasteiger partial charge is 0.309 e. The molecule has 1 aliphatic heterocycles. The maximum Gasteiger partial charge on any atom is 0.309 e. The lowest BCUT2D eigenvalue weighted by molar-refractivity contribution is -0.139. The fourth-order valence-corrected chi connectivity index (χ4v) is 5.03. The summed E-state index contributed by atoms with van der Waals surface area (Å²) < 4.78 is 69.6. The Kier molecular flexibility index (Phi) is 8.59. The van der Waals surface area contributed by atoms with E-state index in [0.29, 0.717) is 30.1 Å². The Morgan fingerprint density at radius 1 is 1.06 bits per heavy atom. The number of halogens is 2. The minimum atomic E-state index is -4.44. The van der Waals surface area contributed by atoms with Gasteiger partial charge in [0.2, 0.25) is 10.0 Å². The highest BCUT2D eigenvalue weighted by molar-refractivity contribution is 7.89. The van der Waals surface area contributed by atoms with E-state index in [1.807, 2.05) is 0 Å². The fourth-order valence-electron chi connectivity index (χ4n) is 3.44. The van der Waals surface area contributed by atoms with E-state index < -0.39 is 44.6 Å². The van der Waals surface area contributed by atoms with Crippen LogP contribution in [0.15, 0.2) is 41.3 Å². The average Bonchev–Trinajstić information content (AvgIpc) is 3.33. The number of nitrogens with one attached hydrogen (secondary N) is 2. The summed E-state index contributed by atoms with van der Waals surface area (Å²) in [6.07, 6.45) is -0.776. The van der Waals surface area contributed by atoms with Crippen LogP contribution in [0.3, 0.4) is 0 Å². The molecule has 0 spiro atoms. The lowest BCUT2D eigenvalue weighted by Crippen LogP contribution is -2.47. The van der Waals surface area contributed by atoms with Crippen LogP contribution in [-0.2, 0) is 30.8 Å². The SMILES string of the molecule is COc1ccc(CCNC(=O)C(=O)NC[C@@H]2OCCN2S(=O)(=O)c2cc(F)ccc2F)cc1OC. The standard InChI is InChI=1S/C22H25F2N3O7S/c1-32-17-6-3-14(11-18(17)33-2)7-8-25-21(28)22(29)26-13-20-27(9-10-34-20)35(30,31)19-12-15(23)4-5-16(19)24/h3-6,11-12,20H,7-10,13H2,1-2H3,(H,25,28)(H,26,29)/t20-/m0/s1. The van der Waals surface area contributed by atoms with E-state index in [9.17, 15) is 26.8 Å². The largest absolute Gasteiger partial charge is 0.493 e. The molecule has 1 atom stereocenters. The van der Waals surface area contributed by atoms with Gasteiger partial charge in [0.15, 0.2) is 11.5 Å². The lowest BCUT2D eigenvalue weighted by atomic mass is 10.1. The van der Waals surface area contributed by atoms with Gasteiger partial charge in [0.1, 0.15) is 22.8 Å². The molecule has 2 aromatic rings. The molecule has 0 aliphatic carbocycles. The van der Waals surface area contributed by atoms with Crippen molar-refractivity contribution in [3.63, 3.8) is 0 Å². The molecule has 2 N–H and O–H groups in total. The molecule has 0 unspecified atom stereocenters. The van der Waals surface area contributed by atoms with Crippen molar-refractivity contribution in [2.75, 3.05) is 40.5 Å². The van der Waals surface area contributed by atoms with Crippen molar-refractivity contribution in [2.24, 2.45) is 0 Å². The van der Waals surface area contributed by atoms with Crippen molar-refractivity contribution in [1.29, 1.82) is 0 Å². The summed E-state index contributed by atoms with van der Waals surface area (Å²) >= 11 is 0. The number of hydrogen-bond donors (Lipinski definition) is 2. The summed E-state index contributed by atoms with van der Waals surface area (Å²) in [5.74, 6) is -2.86. The Hall–Kier alpha value is -3.29. The number of rotatable bonds is 9. The topological polar surface area (TPSA) is 123 Å². The highest BCUT2D eigenvalue weighted by Gasteiger charge is 2.38. The van der Waals surface area contributed by atoms with Crippen LogP contribution in [0, 0.1) is 11.6 Å². The van der Waals surface area contributed by atoms with E-state index in [-0.39, 0.29) is 26.2 Å². The van der Waals surface area contributed by atoms with Gasteiger partial charge in [0, 0.05) is 13.1 Å². The molecular weight excluding hydrogens is 488 g/mol. The molecule has 1 aliphatic rings. The molecule has 2 aromatic carbocycles. The fraction of sp³-hybridized carbons (Fsp3) is 0.364. The van der Waals surface area contributed by atoms with Gasteiger partial charge in [0.25, 0.3) is 0 Å². The summed E-state index contributed by atoms with van der Waals surface area (Å²) in [5.41, 5.74) is 0.841. The van der Waals surface area contributed by atoms with E-state index in [1.165, 1.54) is 14.2 Å².